The van der Waals surface area contributed by atoms with E-state index in [1.165, 1.54) is 13.2 Å². The molecule has 3 N–H and O–H groups in total. The Bertz CT molecular complexity index is 1220. The number of nitrogens with two attached hydrogens (primary N) is 1. The van der Waals surface area contributed by atoms with Crippen molar-refractivity contribution in [3.63, 3.8) is 0 Å². The van der Waals surface area contributed by atoms with Gasteiger partial charge in [0.25, 0.3) is 0 Å². The van der Waals surface area contributed by atoms with Gasteiger partial charge in [-0.25, -0.2) is 9.78 Å². The fourth-order valence-corrected chi connectivity index (χ4v) is 4.68. The number of methoxy groups -OCH3 is 1. The van der Waals surface area contributed by atoms with E-state index in [1.54, 1.807) is 26.0 Å². The van der Waals surface area contributed by atoms with Crippen molar-refractivity contribution in [2.75, 3.05) is 31.4 Å². The quantitative estimate of drug-likeness (QED) is 0.523. The van der Waals surface area contributed by atoms with Crippen molar-refractivity contribution < 1.29 is 38.0 Å². The van der Waals surface area contributed by atoms with Crippen LogP contribution in [-0.2, 0) is 28.4 Å². The van der Waals surface area contributed by atoms with Gasteiger partial charge in [-0.15, -0.1) is 5.11 Å². The van der Waals surface area contributed by atoms with Crippen LogP contribution in [0.15, 0.2) is 46.6 Å². The van der Waals surface area contributed by atoms with E-state index in [0.29, 0.717) is 5.69 Å². The first-order valence-corrected chi connectivity index (χ1v) is 12.1. The van der Waals surface area contributed by atoms with E-state index in [0.717, 1.165) is 0 Å². The number of anilines is 2. The molecule has 4 heterocycles. The molecule has 204 valence electrons. The predicted octanol–water partition coefficient (Wildman–Crippen LogP) is 4.03. The van der Waals surface area contributed by atoms with Crippen LogP contribution in [0.3, 0.4) is 0 Å². The molecule has 3 fully saturated rings. The number of rotatable bonds is 6. The Kier molecular flexibility index (Phi) is 6.73. The molecular formula is C25H31N5O8. The number of carbonyl (C=O) groups excluding carboxylic acids is 1. The summed E-state index contributed by atoms with van der Waals surface area (Å²) in [4.78, 5) is 17.0. The number of azo groups is 1. The molecule has 38 heavy (non-hydrogen) atoms. The summed E-state index contributed by atoms with van der Waals surface area (Å²) in [5, 5.41) is 10.8. The van der Waals surface area contributed by atoms with Gasteiger partial charge in [0.1, 0.15) is 24.0 Å². The number of aromatic nitrogens is 1. The fraction of sp³-hybridized carbons (Fsp3) is 0.520. The zero-order valence-electron chi connectivity index (χ0n) is 21.8. The summed E-state index contributed by atoms with van der Waals surface area (Å²) in [6.07, 6.45) is -2.33. The summed E-state index contributed by atoms with van der Waals surface area (Å²) < 4.78 is 41.1. The van der Waals surface area contributed by atoms with Gasteiger partial charge in [0.05, 0.1) is 19.4 Å². The van der Waals surface area contributed by atoms with Gasteiger partial charge in [-0.2, -0.15) is 5.11 Å². The van der Waals surface area contributed by atoms with E-state index in [-0.39, 0.29) is 42.4 Å². The Hall–Kier alpha value is -3.36. The second kappa shape index (κ2) is 9.75. The third-order valence-electron chi connectivity index (χ3n) is 6.14. The van der Waals surface area contributed by atoms with Crippen LogP contribution in [0.2, 0.25) is 0 Å². The number of amides is 1. The van der Waals surface area contributed by atoms with Crippen molar-refractivity contribution in [1.82, 2.24) is 4.98 Å². The Balaban J connectivity index is 1.28. The molecule has 1 aromatic carbocycles. The number of hydrogen-bond donors (Lipinski definition) is 2. The molecule has 0 unspecified atom stereocenters. The lowest BCUT2D eigenvalue weighted by atomic mass is 9.97. The number of nitrogens with one attached hydrogen (secondary N) is 1. The van der Waals surface area contributed by atoms with Gasteiger partial charge in [-0.3, -0.25) is 5.32 Å². The Morgan fingerprint density at radius 2 is 1.89 bits per heavy atom. The molecule has 1 aromatic heterocycles. The molecule has 5 rings (SSSR count). The fourth-order valence-electron chi connectivity index (χ4n) is 4.68. The van der Waals surface area contributed by atoms with E-state index in [4.69, 9.17) is 38.9 Å². The lowest BCUT2D eigenvalue weighted by Gasteiger charge is -2.40. The van der Waals surface area contributed by atoms with Crippen molar-refractivity contribution in [3.05, 3.63) is 36.4 Å². The second-order valence-corrected chi connectivity index (χ2v) is 9.98. The van der Waals surface area contributed by atoms with Crippen LogP contribution in [-0.4, -0.2) is 67.1 Å². The average Bonchev–Trinajstić information content (AvgIpc) is 3.34. The van der Waals surface area contributed by atoms with Crippen LogP contribution in [0.25, 0.3) is 0 Å². The van der Waals surface area contributed by atoms with E-state index < -0.39 is 35.7 Å². The number of nitrogens with zero attached hydrogens (tertiary/aromatic N) is 3. The minimum Gasteiger partial charge on any atom is -0.493 e. The third-order valence-corrected chi connectivity index (χ3v) is 6.14. The lowest BCUT2D eigenvalue weighted by molar-refractivity contribution is -0.293. The minimum absolute atomic E-state index is 0.0383. The van der Waals surface area contributed by atoms with Gasteiger partial charge in [-0.1, -0.05) is 18.2 Å². The number of hydrogen-bond acceptors (Lipinski definition) is 12. The molecule has 3 saturated heterocycles. The normalized spacial score (nSPS) is 29.0. The summed E-state index contributed by atoms with van der Waals surface area (Å²) >= 11 is 0. The van der Waals surface area contributed by atoms with Crippen molar-refractivity contribution in [2.45, 2.75) is 63.4 Å². The van der Waals surface area contributed by atoms with E-state index in [1.807, 2.05) is 32.0 Å². The van der Waals surface area contributed by atoms with Crippen LogP contribution in [0.4, 0.5) is 27.8 Å². The number of pyridine rings is 1. The number of carbonyl (C=O) groups is 1. The maximum Gasteiger partial charge on any atom is 0.413 e. The summed E-state index contributed by atoms with van der Waals surface area (Å²) in [6.45, 7) is 7.04. The van der Waals surface area contributed by atoms with Gasteiger partial charge in [0.15, 0.2) is 35.6 Å². The first-order chi connectivity index (χ1) is 18.0. The summed E-state index contributed by atoms with van der Waals surface area (Å²) in [5.41, 5.74) is 6.97. The summed E-state index contributed by atoms with van der Waals surface area (Å²) in [5.74, 6) is -2.89. The van der Waals surface area contributed by atoms with Crippen LogP contribution >= 0.6 is 0 Å². The number of nitrogen functional groups attached to an aromatic ring is 1. The highest BCUT2D eigenvalue weighted by molar-refractivity contribution is 5.86. The van der Waals surface area contributed by atoms with Crippen molar-refractivity contribution in [3.8, 4) is 5.75 Å². The number of ether oxygens (including phenoxy) is 7. The Morgan fingerprint density at radius 3 is 2.63 bits per heavy atom. The molecule has 0 bridgehead atoms. The number of fused-ring (bicyclic) bond motifs is 3. The standard InChI is InChI=1S/C25H31N5O8/c1-23(2)35-17-12-34-25(19(18(17)36-23)37-24(3,4)38-25)13-33-22(31)28-21-16(32-5)11-15(20(26)27-21)30-29-14-9-7-6-8-10-14/h6-11,17-19H,12-13H2,1-5H3,(H3,26,27,28,31)/b30-29+/t17-,18-,19+,25+/m1/s1. The number of benzene rings is 1. The van der Waals surface area contributed by atoms with E-state index >= 15 is 0 Å². The minimum atomic E-state index is -1.38. The van der Waals surface area contributed by atoms with Gasteiger partial charge in [0.2, 0.25) is 5.79 Å². The van der Waals surface area contributed by atoms with E-state index in [2.05, 4.69) is 20.5 Å². The molecule has 2 aromatic rings. The highest BCUT2D eigenvalue weighted by Gasteiger charge is 2.66. The van der Waals surface area contributed by atoms with Crippen molar-refractivity contribution in [2.24, 2.45) is 10.2 Å². The lowest BCUT2D eigenvalue weighted by Crippen LogP contribution is -2.60. The van der Waals surface area contributed by atoms with Crippen LogP contribution in [0.5, 0.6) is 5.75 Å². The largest absolute Gasteiger partial charge is 0.493 e. The van der Waals surface area contributed by atoms with E-state index in [9.17, 15) is 4.79 Å². The third kappa shape index (κ3) is 5.28. The highest BCUT2D eigenvalue weighted by atomic mass is 16.9. The molecule has 1 amide bonds. The van der Waals surface area contributed by atoms with Crippen LogP contribution in [0.1, 0.15) is 27.7 Å². The highest BCUT2D eigenvalue weighted by Crippen LogP contribution is 2.47. The first kappa shape index (κ1) is 26.3. The van der Waals surface area contributed by atoms with Crippen molar-refractivity contribution in [1.29, 1.82) is 0 Å². The zero-order valence-corrected chi connectivity index (χ0v) is 21.8. The zero-order chi connectivity index (χ0) is 27.1. The predicted molar refractivity (Wildman–Crippen MR) is 133 cm³/mol. The maximum atomic E-state index is 12.8. The molecule has 3 aliphatic rings. The monoisotopic (exact) mass is 529 g/mol. The summed E-state index contributed by atoms with van der Waals surface area (Å²) in [6, 6.07) is 10.7. The molecule has 13 nitrogen and oxygen atoms in total. The van der Waals surface area contributed by atoms with Gasteiger partial charge >= 0.3 is 6.09 Å². The molecule has 4 atom stereocenters. The average molecular weight is 530 g/mol. The van der Waals surface area contributed by atoms with Gasteiger partial charge < -0.3 is 38.9 Å². The molecule has 0 radical (unpaired) electrons. The summed E-state index contributed by atoms with van der Waals surface area (Å²) in [7, 11) is 1.43. The molecule has 13 heteroatoms. The molecule has 3 aliphatic heterocycles. The first-order valence-electron chi connectivity index (χ1n) is 12.1. The molecule has 0 saturated carbocycles. The van der Waals surface area contributed by atoms with Crippen LogP contribution in [0, 0.1) is 0 Å². The maximum absolute atomic E-state index is 12.8. The Labute approximate surface area is 219 Å². The van der Waals surface area contributed by atoms with Crippen molar-refractivity contribution >= 4 is 29.1 Å². The Morgan fingerprint density at radius 1 is 1.13 bits per heavy atom. The smallest absolute Gasteiger partial charge is 0.413 e. The SMILES string of the molecule is COc1cc(/N=N/c2ccccc2)c(N)nc1NC(=O)OC[C@@]12OC[C@H]3OC(C)(C)O[C@H]3[C@@H]1OC(C)(C)O2. The van der Waals surface area contributed by atoms with Gasteiger partial charge in [0, 0.05) is 6.07 Å². The topological polar surface area (TPSA) is 157 Å². The molecular weight excluding hydrogens is 498 g/mol. The van der Waals surface area contributed by atoms with Crippen LogP contribution < -0.4 is 15.8 Å². The molecule has 0 aliphatic carbocycles. The van der Waals surface area contributed by atoms with Gasteiger partial charge in [-0.05, 0) is 39.8 Å². The second-order valence-electron chi connectivity index (χ2n) is 9.98. The molecule has 0 spiro atoms.